The van der Waals surface area contributed by atoms with Crippen LogP contribution < -0.4 is 10.6 Å². The molecule has 0 aliphatic heterocycles. The summed E-state index contributed by atoms with van der Waals surface area (Å²) in [4.78, 5) is 11.7. The Balaban J connectivity index is 1.80. The van der Waals surface area contributed by atoms with Gasteiger partial charge in [-0.1, -0.05) is 17.3 Å². The van der Waals surface area contributed by atoms with Gasteiger partial charge in [-0.25, -0.2) is 4.79 Å². The number of anilines is 1. The van der Waals surface area contributed by atoms with Crippen molar-refractivity contribution >= 4 is 11.8 Å². The van der Waals surface area contributed by atoms with Gasteiger partial charge in [-0.05, 0) is 38.5 Å². The van der Waals surface area contributed by atoms with E-state index >= 15 is 0 Å². The lowest BCUT2D eigenvalue weighted by atomic mass is 10.2. The van der Waals surface area contributed by atoms with E-state index in [1.807, 2.05) is 52.1 Å². The zero-order valence-electron chi connectivity index (χ0n) is 14.0. The van der Waals surface area contributed by atoms with Crippen molar-refractivity contribution in [1.82, 2.24) is 20.3 Å². The molecule has 124 valence electrons. The van der Waals surface area contributed by atoms with Gasteiger partial charge in [0, 0.05) is 25.8 Å². The number of hydrogen-bond acceptors (Lipinski definition) is 5. The van der Waals surface area contributed by atoms with Gasteiger partial charge in [-0.3, -0.25) is 10.00 Å². The minimum absolute atomic E-state index is 0.452. The number of benzene rings is 1. The van der Waals surface area contributed by atoms with Crippen LogP contribution in [0.1, 0.15) is 32.0 Å². The van der Waals surface area contributed by atoms with Crippen LogP contribution in [0.2, 0.25) is 0 Å². The third kappa shape index (κ3) is 5.71. The van der Waals surface area contributed by atoms with Gasteiger partial charge in [0.1, 0.15) is 5.60 Å². The van der Waals surface area contributed by atoms with Crippen LogP contribution in [0, 0.1) is 0 Å². The van der Waals surface area contributed by atoms with Gasteiger partial charge in [0.15, 0.2) is 0 Å². The fourth-order valence-corrected chi connectivity index (χ4v) is 1.93. The highest BCUT2D eigenvalue weighted by Crippen LogP contribution is 2.13. The maximum absolute atomic E-state index is 11.7. The summed E-state index contributed by atoms with van der Waals surface area (Å²) in [5.74, 6) is 0. The molecule has 0 aliphatic rings. The monoisotopic (exact) mass is 317 g/mol. The normalized spacial score (nSPS) is 11.3. The summed E-state index contributed by atoms with van der Waals surface area (Å²) >= 11 is 0. The summed E-state index contributed by atoms with van der Waals surface area (Å²) in [5.41, 5.74) is 2.34. The number of amides is 1. The second kappa shape index (κ2) is 7.23. The van der Waals surface area contributed by atoms with E-state index in [4.69, 9.17) is 4.74 Å². The standard InChI is InChI=1S/C16H23N5O2/c1-16(2,3)23-15(22)19-13-7-5-12(6-8-13)9-17-10-14-11-18-20-21(14)4/h5-8,11,17H,9-10H2,1-4H3,(H,19,22). The van der Waals surface area contributed by atoms with Crippen LogP contribution >= 0.6 is 0 Å². The van der Waals surface area contributed by atoms with E-state index in [1.165, 1.54) is 0 Å². The molecule has 2 rings (SSSR count). The SMILES string of the molecule is Cn1nncc1CNCc1ccc(NC(=O)OC(C)(C)C)cc1. The molecule has 0 radical (unpaired) electrons. The third-order valence-electron chi connectivity index (χ3n) is 3.04. The predicted octanol–water partition coefficient (Wildman–Crippen LogP) is 2.45. The topological polar surface area (TPSA) is 81.1 Å². The first-order valence-electron chi connectivity index (χ1n) is 7.47. The van der Waals surface area contributed by atoms with E-state index in [0.29, 0.717) is 12.2 Å². The summed E-state index contributed by atoms with van der Waals surface area (Å²) in [7, 11) is 1.86. The molecule has 7 heteroatoms. The molecule has 0 bridgehead atoms. The van der Waals surface area contributed by atoms with Crippen LogP contribution in [0.25, 0.3) is 0 Å². The zero-order valence-corrected chi connectivity index (χ0v) is 14.0. The number of aryl methyl sites for hydroxylation is 1. The molecular formula is C16H23N5O2. The molecule has 0 saturated heterocycles. The Labute approximate surface area is 136 Å². The van der Waals surface area contributed by atoms with Crippen molar-refractivity contribution in [3.05, 3.63) is 41.7 Å². The van der Waals surface area contributed by atoms with Crippen LogP contribution in [0.3, 0.4) is 0 Å². The molecule has 1 amide bonds. The molecule has 1 heterocycles. The maximum Gasteiger partial charge on any atom is 0.412 e. The number of hydrogen-bond donors (Lipinski definition) is 2. The van der Waals surface area contributed by atoms with Crippen LogP contribution in [-0.2, 0) is 24.9 Å². The highest BCUT2D eigenvalue weighted by molar-refractivity contribution is 5.84. The first kappa shape index (κ1) is 17.0. The Morgan fingerprint density at radius 3 is 2.48 bits per heavy atom. The highest BCUT2D eigenvalue weighted by atomic mass is 16.6. The van der Waals surface area contributed by atoms with Gasteiger partial charge in [0.25, 0.3) is 0 Å². The maximum atomic E-state index is 11.7. The molecule has 0 aliphatic carbocycles. The zero-order chi connectivity index (χ0) is 16.9. The van der Waals surface area contributed by atoms with Crippen molar-refractivity contribution in [2.24, 2.45) is 7.05 Å². The Morgan fingerprint density at radius 1 is 1.22 bits per heavy atom. The molecule has 2 aromatic rings. The van der Waals surface area contributed by atoms with Crippen molar-refractivity contribution in [3.63, 3.8) is 0 Å². The van der Waals surface area contributed by atoms with Gasteiger partial charge in [-0.15, -0.1) is 5.10 Å². The van der Waals surface area contributed by atoms with Gasteiger partial charge in [0.2, 0.25) is 0 Å². The lowest BCUT2D eigenvalue weighted by Crippen LogP contribution is -2.27. The number of rotatable bonds is 5. The Kier molecular flexibility index (Phi) is 5.33. The third-order valence-corrected chi connectivity index (χ3v) is 3.04. The van der Waals surface area contributed by atoms with Crippen LogP contribution in [0.15, 0.2) is 30.5 Å². The lowest BCUT2D eigenvalue weighted by molar-refractivity contribution is 0.0636. The largest absolute Gasteiger partial charge is 0.444 e. The van der Waals surface area contributed by atoms with E-state index in [9.17, 15) is 4.79 Å². The van der Waals surface area contributed by atoms with E-state index < -0.39 is 11.7 Å². The Bertz CT molecular complexity index is 643. The minimum atomic E-state index is -0.505. The fourth-order valence-electron chi connectivity index (χ4n) is 1.93. The summed E-state index contributed by atoms with van der Waals surface area (Å²) < 4.78 is 6.95. The summed E-state index contributed by atoms with van der Waals surface area (Å²) in [5, 5.41) is 13.7. The van der Waals surface area contributed by atoms with E-state index in [0.717, 1.165) is 17.8 Å². The minimum Gasteiger partial charge on any atom is -0.444 e. The average molecular weight is 317 g/mol. The second-order valence-corrected chi connectivity index (χ2v) is 6.28. The molecule has 0 saturated carbocycles. The van der Waals surface area contributed by atoms with Gasteiger partial charge < -0.3 is 10.1 Å². The summed E-state index contributed by atoms with van der Waals surface area (Å²) in [6.45, 7) is 6.91. The molecule has 0 atom stereocenters. The number of nitrogens with one attached hydrogen (secondary N) is 2. The van der Waals surface area contributed by atoms with E-state index in [-0.39, 0.29) is 0 Å². The predicted molar refractivity (Wildman–Crippen MR) is 87.8 cm³/mol. The average Bonchev–Trinajstić information content (AvgIpc) is 2.84. The molecule has 23 heavy (non-hydrogen) atoms. The molecule has 2 N–H and O–H groups in total. The van der Waals surface area contributed by atoms with E-state index in [1.54, 1.807) is 10.9 Å². The van der Waals surface area contributed by atoms with E-state index in [2.05, 4.69) is 20.9 Å². The molecule has 0 fully saturated rings. The molecule has 1 aromatic carbocycles. The lowest BCUT2D eigenvalue weighted by Gasteiger charge is -2.19. The fraction of sp³-hybridized carbons (Fsp3) is 0.438. The quantitative estimate of drug-likeness (QED) is 0.885. The first-order chi connectivity index (χ1) is 10.8. The molecule has 0 spiro atoms. The van der Waals surface area contributed by atoms with Crippen LogP contribution in [0.5, 0.6) is 0 Å². The number of ether oxygens (including phenoxy) is 1. The first-order valence-corrected chi connectivity index (χ1v) is 7.47. The van der Waals surface area contributed by atoms with Gasteiger partial charge in [-0.2, -0.15) is 0 Å². The molecule has 7 nitrogen and oxygen atoms in total. The number of carbonyl (C=O) groups excluding carboxylic acids is 1. The number of aromatic nitrogens is 3. The number of carbonyl (C=O) groups is 1. The van der Waals surface area contributed by atoms with Crippen LogP contribution in [0.4, 0.5) is 10.5 Å². The molecule has 1 aromatic heterocycles. The second-order valence-electron chi connectivity index (χ2n) is 6.28. The summed E-state index contributed by atoms with van der Waals surface area (Å²) in [6.07, 6.45) is 1.29. The van der Waals surface area contributed by atoms with Crippen molar-refractivity contribution in [2.45, 2.75) is 39.5 Å². The van der Waals surface area contributed by atoms with Gasteiger partial charge in [0.05, 0.1) is 11.9 Å². The van der Waals surface area contributed by atoms with Crippen LogP contribution in [-0.4, -0.2) is 26.7 Å². The Morgan fingerprint density at radius 2 is 1.91 bits per heavy atom. The van der Waals surface area contributed by atoms with Crippen molar-refractivity contribution in [1.29, 1.82) is 0 Å². The highest BCUT2D eigenvalue weighted by Gasteiger charge is 2.15. The van der Waals surface area contributed by atoms with Crippen molar-refractivity contribution in [3.8, 4) is 0 Å². The van der Waals surface area contributed by atoms with Crippen molar-refractivity contribution < 1.29 is 9.53 Å². The smallest absolute Gasteiger partial charge is 0.412 e. The number of nitrogens with zero attached hydrogens (tertiary/aromatic N) is 3. The molecular weight excluding hydrogens is 294 g/mol. The summed E-state index contributed by atoms with van der Waals surface area (Å²) in [6, 6.07) is 7.63. The molecule has 0 unspecified atom stereocenters. The Hall–Kier alpha value is -2.41. The van der Waals surface area contributed by atoms with Crippen molar-refractivity contribution in [2.75, 3.05) is 5.32 Å². The van der Waals surface area contributed by atoms with Gasteiger partial charge >= 0.3 is 6.09 Å².